The van der Waals surface area contributed by atoms with E-state index < -0.39 is 11.4 Å². The maximum atomic E-state index is 12.2. The molecule has 0 aliphatic heterocycles. The van der Waals surface area contributed by atoms with Crippen molar-refractivity contribution in [2.45, 2.75) is 26.2 Å². The Bertz CT molecular complexity index is 516. The molecule has 2 rings (SSSR count). The number of nitrogens with one attached hydrogen (secondary N) is 1. The lowest BCUT2D eigenvalue weighted by Crippen LogP contribution is -2.47. The van der Waals surface area contributed by atoms with E-state index in [2.05, 4.69) is 5.32 Å². The molecule has 0 aromatic heterocycles. The van der Waals surface area contributed by atoms with Crippen molar-refractivity contribution in [1.29, 1.82) is 0 Å². The van der Waals surface area contributed by atoms with Gasteiger partial charge in [-0.05, 0) is 43.5 Å². The van der Waals surface area contributed by atoms with E-state index in [4.69, 9.17) is 10.8 Å². The van der Waals surface area contributed by atoms with Crippen LogP contribution in [0, 0.1) is 12.3 Å². The zero-order chi connectivity index (χ0) is 14.0. The third kappa shape index (κ3) is 2.46. The van der Waals surface area contributed by atoms with Gasteiger partial charge < -0.3 is 16.2 Å². The van der Waals surface area contributed by atoms with Crippen molar-refractivity contribution >= 4 is 17.6 Å². The van der Waals surface area contributed by atoms with Gasteiger partial charge in [0.05, 0.1) is 11.0 Å². The van der Waals surface area contributed by atoms with Gasteiger partial charge in [0.15, 0.2) is 0 Å². The minimum absolute atomic E-state index is 0.0660. The number of hydrogen-bond donors (Lipinski definition) is 3. The summed E-state index contributed by atoms with van der Waals surface area (Å²) < 4.78 is 0. The summed E-state index contributed by atoms with van der Waals surface area (Å²) in [4.78, 5) is 23.1. The first kappa shape index (κ1) is 13.5. The van der Waals surface area contributed by atoms with Crippen molar-refractivity contribution in [2.24, 2.45) is 11.1 Å². The number of aromatic carboxylic acids is 1. The van der Waals surface area contributed by atoms with E-state index in [9.17, 15) is 9.59 Å². The summed E-state index contributed by atoms with van der Waals surface area (Å²) in [6.45, 7) is 2.06. The number of hydrogen-bond acceptors (Lipinski definition) is 3. The summed E-state index contributed by atoms with van der Waals surface area (Å²) in [5.41, 5.74) is 6.74. The van der Waals surface area contributed by atoms with E-state index in [-0.39, 0.29) is 11.5 Å². The molecule has 102 valence electrons. The second kappa shape index (κ2) is 5.01. The predicted octanol–water partition coefficient (Wildman–Crippen LogP) is 1.76. The van der Waals surface area contributed by atoms with Crippen molar-refractivity contribution in [3.63, 3.8) is 0 Å². The van der Waals surface area contributed by atoms with E-state index >= 15 is 0 Å². The van der Waals surface area contributed by atoms with Crippen molar-refractivity contribution in [1.82, 2.24) is 0 Å². The molecule has 1 saturated carbocycles. The molecule has 1 aliphatic carbocycles. The summed E-state index contributed by atoms with van der Waals surface area (Å²) >= 11 is 0. The highest BCUT2D eigenvalue weighted by Gasteiger charge is 2.42. The first-order valence-electron chi connectivity index (χ1n) is 6.34. The number of carbonyl (C=O) groups is 2. The van der Waals surface area contributed by atoms with Crippen molar-refractivity contribution in [3.8, 4) is 0 Å². The third-order valence-electron chi connectivity index (χ3n) is 3.90. The molecule has 5 heteroatoms. The minimum Gasteiger partial charge on any atom is -0.478 e. The molecule has 0 spiro atoms. The van der Waals surface area contributed by atoms with Gasteiger partial charge in [-0.1, -0.05) is 6.42 Å². The largest absolute Gasteiger partial charge is 0.478 e. The number of carboxylic acids is 1. The average Bonchev–Trinajstić information content (AvgIpc) is 2.27. The fourth-order valence-corrected chi connectivity index (χ4v) is 2.37. The molecule has 1 aromatic rings. The molecule has 1 aliphatic rings. The van der Waals surface area contributed by atoms with Crippen LogP contribution in [0.5, 0.6) is 0 Å². The van der Waals surface area contributed by atoms with Crippen LogP contribution in [0.15, 0.2) is 18.2 Å². The van der Waals surface area contributed by atoms with Gasteiger partial charge in [-0.3, -0.25) is 4.79 Å². The molecule has 0 heterocycles. The molecule has 19 heavy (non-hydrogen) atoms. The fourth-order valence-electron chi connectivity index (χ4n) is 2.37. The Labute approximate surface area is 111 Å². The topological polar surface area (TPSA) is 92.4 Å². The number of aryl methyl sites for hydroxylation is 1. The van der Waals surface area contributed by atoms with Crippen LogP contribution in [0.2, 0.25) is 0 Å². The number of anilines is 1. The number of amides is 1. The monoisotopic (exact) mass is 262 g/mol. The van der Waals surface area contributed by atoms with E-state index in [1.54, 1.807) is 19.1 Å². The zero-order valence-electron chi connectivity index (χ0n) is 10.9. The maximum absolute atomic E-state index is 12.2. The fraction of sp³-hybridized carbons (Fsp3) is 0.429. The van der Waals surface area contributed by atoms with E-state index in [0.29, 0.717) is 17.8 Å². The number of benzene rings is 1. The highest BCUT2D eigenvalue weighted by Crippen LogP contribution is 2.40. The van der Waals surface area contributed by atoms with Crippen molar-refractivity contribution < 1.29 is 14.7 Å². The molecule has 0 bridgehead atoms. The number of carboxylic acid groups (broad SMARTS) is 1. The van der Waals surface area contributed by atoms with Gasteiger partial charge in [-0.25, -0.2) is 4.79 Å². The smallest absolute Gasteiger partial charge is 0.335 e. The molecule has 5 nitrogen and oxygen atoms in total. The van der Waals surface area contributed by atoms with Gasteiger partial charge in [-0.15, -0.1) is 0 Å². The van der Waals surface area contributed by atoms with Crippen LogP contribution in [-0.2, 0) is 4.79 Å². The van der Waals surface area contributed by atoms with Crippen LogP contribution in [-0.4, -0.2) is 23.5 Å². The standard InChI is InChI=1S/C14H18N2O3/c1-9-7-10(3-4-11(9)12(17)18)16-13(19)14(8-15)5-2-6-14/h3-4,7H,2,5-6,8,15H2,1H3,(H,16,19)(H,17,18). The van der Waals surface area contributed by atoms with Crippen LogP contribution < -0.4 is 11.1 Å². The Hall–Kier alpha value is -1.88. The normalized spacial score (nSPS) is 16.5. The molecule has 1 amide bonds. The maximum Gasteiger partial charge on any atom is 0.335 e. The molecule has 0 saturated heterocycles. The Morgan fingerprint density at radius 3 is 2.53 bits per heavy atom. The summed E-state index contributed by atoms with van der Waals surface area (Å²) in [5, 5.41) is 11.8. The Morgan fingerprint density at radius 2 is 2.11 bits per heavy atom. The summed E-state index contributed by atoms with van der Waals surface area (Å²) in [7, 11) is 0. The second-order valence-electron chi connectivity index (χ2n) is 5.13. The lowest BCUT2D eigenvalue weighted by Gasteiger charge is -2.39. The Morgan fingerprint density at radius 1 is 1.42 bits per heavy atom. The number of rotatable bonds is 4. The lowest BCUT2D eigenvalue weighted by molar-refractivity contribution is -0.129. The van der Waals surface area contributed by atoms with Gasteiger partial charge in [0.25, 0.3) is 0 Å². The SMILES string of the molecule is Cc1cc(NC(=O)C2(CN)CCC2)ccc1C(=O)O. The van der Waals surface area contributed by atoms with Crippen molar-refractivity contribution in [2.75, 3.05) is 11.9 Å². The van der Waals surface area contributed by atoms with Crippen LogP contribution in [0.25, 0.3) is 0 Å². The summed E-state index contributed by atoms with van der Waals surface area (Å²) in [6, 6.07) is 4.78. The molecule has 4 N–H and O–H groups in total. The van der Waals surface area contributed by atoms with Crippen LogP contribution in [0.3, 0.4) is 0 Å². The van der Waals surface area contributed by atoms with Crippen LogP contribution >= 0.6 is 0 Å². The Kier molecular flexibility index (Phi) is 3.57. The quantitative estimate of drug-likeness (QED) is 0.771. The van der Waals surface area contributed by atoms with Gasteiger partial charge in [0.2, 0.25) is 5.91 Å². The highest BCUT2D eigenvalue weighted by atomic mass is 16.4. The molecule has 1 aromatic carbocycles. The third-order valence-corrected chi connectivity index (χ3v) is 3.90. The lowest BCUT2D eigenvalue weighted by atomic mass is 9.68. The number of nitrogens with two attached hydrogens (primary N) is 1. The molecule has 0 unspecified atom stereocenters. The summed E-state index contributed by atoms with van der Waals surface area (Å²) in [6.07, 6.45) is 2.67. The molecule has 0 radical (unpaired) electrons. The first-order chi connectivity index (χ1) is 8.98. The average molecular weight is 262 g/mol. The Balaban J connectivity index is 2.14. The van der Waals surface area contributed by atoms with Crippen molar-refractivity contribution in [3.05, 3.63) is 29.3 Å². The summed E-state index contributed by atoms with van der Waals surface area (Å²) in [5.74, 6) is -1.03. The van der Waals surface area contributed by atoms with Gasteiger partial charge in [-0.2, -0.15) is 0 Å². The zero-order valence-corrected chi connectivity index (χ0v) is 10.9. The van der Waals surface area contributed by atoms with E-state index in [1.807, 2.05) is 0 Å². The van der Waals surface area contributed by atoms with Gasteiger partial charge in [0.1, 0.15) is 0 Å². The molecular formula is C14H18N2O3. The molecule has 0 atom stereocenters. The van der Waals surface area contributed by atoms with E-state index in [0.717, 1.165) is 19.3 Å². The van der Waals surface area contributed by atoms with Gasteiger partial charge >= 0.3 is 5.97 Å². The van der Waals surface area contributed by atoms with Gasteiger partial charge in [0, 0.05) is 12.2 Å². The molecular weight excluding hydrogens is 244 g/mol. The van der Waals surface area contributed by atoms with Crippen LogP contribution in [0.4, 0.5) is 5.69 Å². The second-order valence-corrected chi connectivity index (χ2v) is 5.13. The number of carbonyl (C=O) groups excluding carboxylic acids is 1. The highest BCUT2D eigenvalue weighted by molar-refractivity contribution is 5.97. The first-order valence-corrected chi connectivity index (χ1v) is 6.34. The van der Waals surface area contributed by atoms with E-state index in [1.165, 1.54) is 6.07 Å². The minimum atomic E-state index is -0.965. The predicted molar refractivity (Wildman–Crippen MR) is 72.1 cm³/mol. The molecule has 1 fully saturated rings. The van der Waals surface area contributed by atoms with Crippen LogP contribution in [0.1, 0.15) is 35.2 Å².